The number of carbonyl (C=O) groups excluding carboxylic acids is 2. The van der Waals surface area contributed by atoms with Crippen LogP contribution < -0.4 is 10.6 Å². The topological polar surface area (TPSA) is 84.9 Å². The van der Waals surface area contributed by atoms with E-state index in [1.54, 1.807) is 17.0 Å². The summed E-state index contributed by atoms with van der Waals surface area (Å²) >= 11 is 0. The predicted octanol–water partition coefficient (Wildman–Crippen LogP) is 0.888. The molecule has 2 fully saturated rings. The smallest absolute Gasteiger partial charge is 0.318 e. The third-order valence-electron chi connectivity index (χ3n) is 4.78. The van der Waals surface area contributed by atoms with Crippen LogP contribution in [0.4, 0.5) is 4.79 Å². The average molecular weight is 346 g/mol. The highest BCUT2D eigenvalue weighted by Gasteiger charge is 2.25. The van der Waals surface area contributed by atoms with Crippen LogP contribution in [0.5, 0.6) is 5.75 Å². The fourth-order valence-corrected chi connectivity index (χ4v) is 3.39. The number of piperidine rings is 1. The minimum Gasteiger partial charge on any atom is -0.508 e. The maximum absolute atomic E-state index is 12.4. The summed E-state index contributed by atoms with van der Waals surface area (Å²) in [6, 6.07) is 7.35. The van der Waals surface area contributed by atoms with Crippen LogP contribution in [0.15, 0.2) is 24.3 Å². The standard InChI is InChI=1S/C18H26N4O3/c23-16-4-1-3-14(11-16)12-21-9-5-15(6-10-21)20-18(25)22-8-2-7-19-17(24)13-22/h1,3-4,11,15,23H,2,5-10,12-13H2,(H,19,24)(H,20,25). The molecule has 7 nitrogen and oxygen atoms in total. The van der Waals surface area contributed by atoms with Crippen LogP contribution in [0.3, 0.4) is 0 Å². The van der Waals surface area contributed by atoms with Gasteiger partial charge < -0.3 is 20.6 Å². The van der Waals surface area contributed by atoms with E-state index in [1.807, 2.05) is 12.1 Å². The molecule has 0 spiro atoms. The van der Waals surface area contributed by atoms with Gasteiger partial charge >= 0.3 is 6.03 Å². The normalized spacial score (nSPS) is 20.0. The number of hydrogen-bond acceptors (Lipinski definition) is 4. The van der Waals surface area contributed by atoms with Gasteiger partial charge in [-0.05, 0) is 37.0 Å². The van der Waals surface area contributed by atoms with Gasteiger partial charge in [0.2, 0.25) is 5.91 Å². The zero-order valence-electron chi connectivity index (χ0n) is 14.4. The highest BCUT2D eigenvalue weighted by atomic mass is 16.3. The summed E-state index contributed by atoms with van der Waals surface area (Å²) in [7, 11) is 0. The lowest BCUT2D eigenvalue weighted by molar-refractivity contribution is -0.121. The van der Waals surface area contributed by atoms with Gasteiger partial charge in [0.15, 0.2) is 0 Å². The van der Waals surface area contributed by atoms with E-state index in [0.717, 1.165) is 44.5 Å². The number of phenolic OH excluding ortho intramolecular Hbond substituents is 1. The molecule has 7 heteroatoms. The van der Waals surface area contributed by atoms with Crippen molar-refractivity contribution in [3.05, 3.63) is 29.8 Å². The second kappa shape index (κ2) is 8.20. The molecule has 3 rings (SSSR count). The van der Waals surface area contributed by atoms with Crippen molar-refractivity contribution in [2.75, 3.05) is 32.7 Å². The number of likely N-dealkylation sites (tertiary alicyclic amines) is 1. The first-order valence-electron chi connectivity index (χ1n) is 8.92. The molecular formula is C18H26N4O3. The van der Waals surface area contributed by atoms with Crippen molar-refractivity contribution in [2.45, 2.75) is 31.8 Å². The van der Waals surface area contributed by atoms with Crippen molar-refractivity contribution < 1.29 is 14.7 Å². The van der Waals surface area contributed by atoms with E-state index in [-0.39, 0.29) is 24.5 Å². The number of nitrogens with one attached hydrogen (secondary N) is 2. The van der Waals surface area contributed by atoms with Crippen molar-refractivity contribution >= 4 is 11.9 Å². The minimum atomic E-state index is -0.136. The highest BCUT2D eigenvalue weighted by Crippen LogP contribution is 2.17. The molecule has 1 aromatic carbocycles. The number of urea groups is 1. The number of rotatable bonds is 3. The Kier molecular flexibility index (Phi) is 5.75. The zero-order valence-corrected chi connectivity index (χ0v) is 14.4. The van der Waals surface area contributed by atoms with E-state index >= 15 is 0 Å². The Labute approximate surface area is 148 Å². The van der Waals surface area contributed by atoms with E-state index in [9.17, 15) is 14.7 Å². The van der Waals surface area contributed by atoms with Gasteiger partial charge in [0.25, 0.3) is 0 Å². The largest absolute Gasteiger partial charge is 0.508 e. The first-order chi connectivity index (χ1) is 12.1. The van der Waals surface area contributed by atoms with Crippen molar-refractivity contribution in [2.24, 2.45) is 0 Å². The number of amides is 3. The first-order valence-corrected chi connectivity index (χ1v) is 8.92. The lowest BCUT2D eigenvalue weighted by atomic mass is 10.0. The summed E-state index contributed by atoms with van der Waals surface area (Å²) in [5.74, 6) is 0.203. The van der Waals surface area contributed by atoms with Gasteiger partial charge in [0.05, 0.1) is 0 Å². The molecule has 0 bridgehead atoms. The fraction of sp³-hybridized carbons (Fsp3) is 0.556. The summed E-state index contributed by atoms with van der Waals surface area (Å²) < 4.78 is 0. The summed E-state index contributed by atoms with van der Waals surface area (Å²) in [5, 5.41) is 15.4. The molecule has 2 aliphatic heterocycles. The van der Waals surface area contributed by atoms with Crippen molar-refractivity contribution in [1.82, 2.24) is 20.4 Å². The second-order valence-corrected chi connectivity index (χ2v) is 6.79. The van der Waals surface area contributed by atoms with Gasteiger partial charge in [0.1, 0.15) is 12.3 Å². The SMILES string of the molecule is O=C1CN(C(=O)NC2CCN(Cc3cccc(O)c3)CC2)CCCN1. The lowest BCUT2D eigenvalue weighted by Gasteiger charge is -2.33. The van der Waals surface area contributed by atoms with Crippen LogP contribution in [0, 0.1) is 0 Å². The monoisotopic (exact) mass is 346 g/mol. The predicted molar refractivity (Wildman–Crippen MR) is 94.1 cm³/mol. The summed E-state index contributed by atoms with van der Waals surface area (Å²) in [6.45, 7) is 4.00. The highest BCUT2D eigenvalue weighted by molar-refractivity contribution is 5.84. The summed E-state index contributed by atoms with van der Waals surface area (Å²) in [5.41, 5.74) is 1.10. The number of carbonyl (C=O) groups is 2. The third kappa shape index (κ3) is 5.09. The molecule has 2 saturated heterocycles. The lowest BCUT2D eigenvalue weighted by Crippen LogP contribution is -2.50. The molecule has 0 aliphatic carbocycles. The van der Waals surface area contributed by atoms with Gasteiger partial charge in [-0.3, -0.25) is 9.69 Å². The summed E-state index contributed by atoms with van der Waals surface area (Å²) in [4.78, 5) is 27.9. The fourth-order valence-electron chi connectivity index (χ4n) is 3.39. The molecule has 0 aromatic heterocycles. The molecular weight excluding hydrogens is 320 g/mol. The minimum absolute atomic E-state index is 0.0893. The molecule has 0 unspecified atom stereocenters. The molecule has 3 N–H and O–H groups in total. The van der Waals surface area contributed by atoms with Crippen LogP contribution in [-0.2, 0) is 11.3 Å². The first kappa shape index (κ1) is 17.5. The number of nitrogens with zero attached hydrogens (tertiary/aromatic N) is 2. The van der Waals surface area contributed by atoms with Crippen molar-refractivity contribution in [1.29, 1.82) is 0 Å². The van der Waals surface area contributed by atoms with Gasteiger partial charge in [0, 0.05) is 38.8 Å². The Balaban J connectivity index is 1.44. The molecule has 3 amide bonds. The third-order valence-corrected chi connectivity index (χ3v) is 4.78. The van der Waals surface area contributed by atoms with Crippen LogP contribution in [0.1, 0.15) is 24.8 Å². The molecule has 25 heavy (non-hydrogen) atoms. The summed E-state index contributed by atoms with van der Waals surface area (Å²) in [6.07, 6.45) is 2.58. The van der Waals surface area contributed by atoms with Gasteiger partial charge in [-0.15, -0.1) is 0 Å². The number of hydrogen-bond donors (Lipinski definition) is 3. The maximum atomic E-state index is 12.4. The number of phenols is 1. The number of benzene rings is 1. The van der Waals surface area contributed by atoms with Crippen LogP contribution in [-0.4, -0.2) is 65.6 Å². The van der Waals surface area contributed by atoms with Crippen molar-refractivity contribution in [3.8, 4) is 5.75 Å². The van der Waals surface area contributed by atoms with E-state index in [2.05, 4.69) is 15.5 Å². The zero-order chi connectivity index (χ0) is 17.6. The Morgan fingerprint density at radius 2 is 2.08 bits per heavy atom. The molecule has 1 aromatic rings. The Morgan fingerprint density at radius 1 is 1.28 bits per heavy atom. The van der Waals surface area contributed by atoms with Gasteiger partial charge in [-0.1, -0.05) is 12.1 Å². The second-order valence-electron chi connectivity index (χ2n) is 6.79. The van der Waals surface area contributed by atoms with Crippen LogP contribution in [0.25, 0.3) is 0 Å². The Morgan fingerprint density at radius 3 is 2.84 bits per heavy atom. The van der Waals surface area contributed by atoms with E-state index in [0.29, 0.717) is 18.8 Å². The molecule has 0 atom stereocenters. The number of aromatic hydroxyl groups is 1. The van der Waals surface area contributed by atoms with E-state index < -0.39 is 0 Å². The van der Waals surface area contributed by atoms with Crippen molar-refractivity contribution in [3.63, 3.8) is 0 Å². The van der Waals surface area contributed by atoms with Gasteiger partial charge in [-0.2, -0.15) is 0 Å². The molecule has 136 valence electrons. The Bertz CT molecular complexity index is 614. The molecule has 2 aliphatic rings. The Hall–Kier alpha value is -2.28. The average Bonchev–Trinajstić information content (AvgIpc) is 2.81. The van der Waals surface area contributed by atoms with Crippen LogP contribution in [0.2, 0.25) is 0 Å². The quantitative estimate of drug-likeness (QED) is 0.759. The maximum Gasteiger partial charge on any atom is 0.318 e. The van der Waals surface area contributed by atoms with E-state index in [1.165, 1.54) is 0 Å². The molecule has 0 radical (unpaired) electrons. The van der Waals surface area contributed by atoms with Gasteiger partial charge in [-0.25, -0.2) is 4.79 Å². The molecule has 0 saturated carbocycles. The van der Waals surface area contributed by atoms with E-state index in [4.69, 9.17) is 0 Å². The molecule has 2 heterocycles. The van der Waals surface area contributed by atoms with Crippen LogP contribution >= 0.6 is 0 Å².